The van der Waals surface area contributed by atoms with Crippen molar-refractivity contribution in [2.24, 2.45) is 0 Å². The zero-order valence-corrected chi connectivity index (χ0v) is 12.5. The van der Waals surface area contributed by atoms with Crippen molar-refractivity contribution in [1.82, 2.24) is 0 Å². The summed E-state index contributed by atoms with van der Waals surface area (Å²) in [4.78, 5) is 30.8. The Bertz CT molecular complexity index is 413. The zero-order chi connectivity index (χ0) is 17.3. The van der Waals surface area contributed by atoms with Gasteiger partial charge in [0, 0.05) is 23.8 Å². The van der Waals surface area contributed by atoms with Gasteiger partial charge < -0.3 is 14.2 Å². The third kappa shape index (κ3) is 22.7. The van der Waals surface area contributed by atoms with Crippen LogP contribution in [0.3, 0.4) is 0 Å². The third-order valence-electron chi connectivity index (χ3n) is 1.38. The molecular formula is C14H19NO6. The van der Waals surface area contributed by atoms with Crippen LogP contribution in [0.15, 0.2) is 37.0 Å². The fraction of sp³-hybridized carbons (Fsp3) is 0.286. The van der Waals surface area contributed by atoms with E-state index in [2.05, 4.69) is 27.4 Å². The van der Waals surface area contributed by atoms with Gasteiger partial charge in [0.1, 0.15) is 0 Å². The monoisotopic (exact) mass is 297 g/mol. The second-order valence-corrected chi connectivity index (χ2v) is 2.98. The van der Waals surface area contributed by atoms with Crippen LogP contribution in [0.4, 0.5) is 0 Å². The summed E-state index contributed by atoms with van der Waals surface area (Å²) in [6.45, 7) is 8.07. The molecular weight excluding hydrogens is 278 g/mol. The molecule has 0 N–H and O–H groups in total. The van der Waals surface area contributed by atoms with E-state index in [1.54, 1.807) is 13.0 Å². The molecule has 0 saturated carbocycles. The van der Waals surface area contributed by atoms with Crippen LogP contribution >= 0.6 is 0 Å². The van der Waals surface area contributed by atoms with Gasteiger partial charge in [0.2, 0.25) is 0 Å². The van der Waals surface area contributed by atoms with Crippen molar-refractivity contribution in [1.29, 1.82) is 5.26 Å². The molecule has 0 fully saturated rings. The van der Waals surface area contributed by atoms with Crippen molar-refractivity contribution in [3.63, 3.8) is 0 Å². The highest BCUT2D eigenvalue weighted by Gasteiger charge is 1.95. The van der Waals surface area contributed by atoms with E-state index in [-0.39, 0.29) is 5.97 Å². The Hall–Kier alpha value is -2.88. The first kappa shape index (κ1) is 23.2. The Kier molecular flexibility index (Phi) is 18.9. The highest BCUT2D eigenvalue weighted by Crippen LogP contribution is 1.87. The van der Waals surface area contributed by atoms with Gasteiger partial charge in [0.15, 0.2) is 0 Å². The van der Waals surface area contributed by atoms with Crippen molar-refractivity contribution in [2.45, 2.75) is 6.92 Å². The maximum absolute atomic E-state index is 10.3. The SMILES string of the molecule is C=C(C)C(=O)OC.C=CC#N.COC(=O)/C=C/C(=O)OC. The summed E-state index contributed by atoms with van der Waals surface area (Å²) in [5, 5.41) is 7.51. The van der Waals surface area contributed by atoms with Crippen molar-refractivity contribution >= 4 is 17.9 Å². The number of hydrogen-bond donors (Lipinski definition) is 0. The summed E-state index contributed by atoms with van der Waals surface area (Å²) in [7, 11) is 3.78. The second kappa shape index (κ2) is 17.1. The second-order valence-electron chi connectivity index (χ2n) is 2.98. The molecule has 0 aromatic heterocycles. The van der Waals surface area contributed by atoms with E-state index in [9.17, 15) is 14.4 Å². The van der Waals surface area contributed by atoms with Gasteiger partial charge in [0.25, 0.3) is 0 Å². The molecule has 0 bridgehead atoms. The summed E-state index contributed by atoms with van der Waals surface area (Å²) < 4.78 is 12.7. The number of nitrogens with zero attached hydrogens (tertiary/aromatic N) is 1. The molecule has 7 heteroatoms. The van der Waals surface area contributed by atoms with Crippen LogP contribution in [0.25, 0.3) is 0 Å². The van der Waals surface area contributed by atoms with E-state index in [0.29, 0.717) is 5.57 Å². The fourth-order valence-electron chi connectivity index (χ4n) is 0.446. The van der Waals surface area contributed by atoms with Crippen LogP contribution in [-0.4, -0.2) is 39.2 Å². The molecule has 0 amide bonds. The van der Waals surface area contributed by atoms with Gasteiger partial charge in [-0.2, -0.15) is 5.26 Å². The maximum Gasteiger partial charge on any atom is 0.332 e. The summed E-state index contributed by atoms with van der Waals surface area (Å²) in [6, 6.07) is 1.69. The van der Waals surface area contributed by atoms with Gasteiger partial charge in [-0.3, -0.25) is 0 Å². The number of allylic oxidation sites excluding steroid dienone is 1. The molecule has 0 aliphatic carbocycles. The normalized spacial score (nSPS) is 7.76. The average Bonchev–Trinajstić information content (AvgIpc) is 2.51. The van der Waals surface area contributed by atoms with Gasteiger partial charge in [-0.15, -0.1) is 0 Å². The maximum atomic E-state index is 10.3. The Morgan fingerprint density at radius 1 is 1.00 bits per heavy atom. The molecule has 0 heterocycles. The lowest BCUT2D eigenvalue weighted by Crippen LogP contribution is -1.98. The number of esters is 3. The summed E-state index contributed by atoms with van der Waals surface area (Å²) >= 11 is 0. The average molecular weight is 297 g/mol. The predicted molar refractivity (Wildman–Crippen MR) is 75.8 cm³/mol. The van der Waals surface area contributed by atoms with Crippen molar-refractivity contribution in [3.05, 3.63) is 37.0 Å². The molecule has 0 spiro atoms. The molecule has 0 aliphatic heterocycles. The standard InChI is InChI=1S/C6H8O4.C5H8O2.C3H3N/c1-9-5(7)3-4-6(8)10-2;1-4(2)5(6)7-3;1-2-3-4/h3-4H,1-2H3;1H2,2-3H3;2H,1H2/b4-3+;;. The van der Waals surface area contributed by atoms with E-state index in [0.717, 1.165) is 12.2 Å². The number of nitriles is 1. The van der Waals surface area contributed by atoms with Gasteiger partial charge in [-0.25, -0.2) is 14.4 Å². The fourth-order valence-corrected chi connectivity index (χ4v) is 0.446. The van der Waals surface area contributed by atoms with Crippen LogP contribution in [0.5, 0.6) is 0 Å². The van der Waals surface area contributed by atoms with Crippen LogP contribution in [-0.2, 0) is 28.6 Å². The predicted octanol–water partition coefficient (Wildman–Crippen LogP) is 1.32. The molecule has 0 rings (SSSR count). The number of hydrogen-bond acceptors (Lipinski definition) is 7. The largest absolute Gasteiger partial charge is 0.466 e. The Labute approximate surface area is 124 Å². The molecule has 116 valence electrons. The quantitative estimate of drug-likeness (QED) is 0.335. The lowest BCUT2D eigenvalue weighted by Gasteiger charge is -1.91. The van der Waals surface area contributed by atoms with Gasteiger partial charge in [-0.05, 0) is 6.92 Å². The zero-order valence-electron chi connectivity index (χ0n) is 12.5. The van der Waals surface area contributed by atoms with E-state index in [4.69, 9.17) is 5.26 Å². The van der Waals surface area contributed by atoms with Crippen molar-refractivity contribution < 1.29 is 28.6 Å². The summed E-state index contributed by atoms with van der Waals surface area (Å²) in [5.74, 6) is -1.50. The summed E-state index contributed by atoms with van der Waals surface area (Å²) in [5.41, 5.74) is 0.433. The van der Waals surface area contributed by atoms with Crippen LogP contribution < -0.4 is 0 Å². The summed E-state index contributed by atoms with van der Waals surface area (Å²) in [6.07, 6.45) is 3.16. The number of carbonyl (C=O) groups excluding carboxylic acids is 3. The molecule has 0 saturated heterocycles. The molecule has 7 nitrogen and oxygen atoms in total. The van der Waals surface area contributed by atoms with Crippen LogP contribution in [0.1, 0.15) is 6.92 Å². The first-order valence-corrected chi connectivity index (χ1v) is 5.38. The number of methoxy groups -OCH3 is 3. The molecule has 0 aromatic carbocycles. The Morgan fingerprint density at radius 3 is 1.43 bits per heavy atom. The lowest BCUT2D eigenvalue weighted by atomic mass is 10.4. The molecule has 0 aromatic rings. The van der Waals surface area contributed by atoms with Gasteiger partial charge in [-0.1, -0.05) is 13.2 Å². The molecule has 0 aliphatic rings. The molecule has 21 heavy (non-hydrogen) atoms. The third-order valence-corrected chi connectivity index (χ3v) is 1.38. The van der Waals surface area contributed by atoms with E-state index in [1.807, 2.05) is 0 Å². The minimum Gasteiger partial charge on any atom is -0.466 e. The van der Waals surface area contributed by atoms with E-state index < -0.39 is 11.9 Å². The number of rotatable bonds is 3. The minimum absolute atomic E-state index is 0.347. The Morgan fingerprint density at radius 2 is 1.33 bits per heavy atom. The lowest BCUT2D eigenvalue weighted by molar-refractivity contribution is -0.137. The Balaban J connectivity index is -0.000000256. The highest BCUT2D eigenvalue weighted by molar-refractivity contribution is 5.91. The topological polar surface area (TPSA) is 103 Å². The molecule has 0 radical (unpaired) electrons. The smallest absolute Gasteiger partial charge is 0.332 e. The van der Waals surface area contributed by atoms with Gasteiger partial charge in [0.05, 0.1) is 27.4 Å². The first-order valence-electron chi connectivity index (χ1n) is 5.38. The first-order chi connectivity index (χ1) is 9.80. The van der Waals surface area contributed by atoms with Crippen molar-refractivity contribution in [3.8, 4) is 6.07 Å². The van der Waals surface area contributed by atoms with Crippen molar-refractivity contribution in [2.75, 3.05) is 21.3 Å². The van der Waals surface area contributed by atoms with Crippen LogP contribution in [0.2, 0.25) is 0 Å². The molecule has 0 atom stereocenters. The van der Waals surface area contributed by atoms with E-state index >= 15 is 0 Å². The highest BCUT2D eigenvalue weighted by atomic mass is 16.5. The minimum atomic E-state index is -0.578. The van der Waals surface area contributed by atoms with Gasteiger partial charge >= 0.3 is 17.9 Å². The van der Waals surface area contributed by atoms with Crippen LogP contribution in [0, 0.1) is 11.3 Å². The molecule has 0 unspecified atom stereocenters. The number of ether oxygens (including phenoxy) is 3. The number of carbonyl (C=O) groups is 3. The van der Waals surface area contributed by atoms with E-state index in [1.165, 1.54) is 27.4 Å².